The molecule has 1 atom stereocenters. The van der Waals surface area contributed by atoms with Crippen molar-refractivity contribution in [2.24, 2.45) is 0 Å². The third-order valence-electron chi connectivity index (χ3n) is 2.98. The van der Waals surface area contributed by atoms with Crippen LogP contribution in [0.4, 0.5) is 5.69 Å². The lowest BCUT2D eigenvalue weighted by molar-refractivity contribution is 0.706. The fraction of sp³-hybridized carbons (Fsp3) is 0.250. The number of halogens is 1. The number of nitrogens with one attached hydrogen (secondary N) is 1. The predicted octanol–water partition coefficient (Wildman–Crippen LogP) is 4.72. The maximum Gasteiger partial charge on any atom is 0.0477 e. The van der Waals surface area contributed by atoms with Gasteiger partial charge in [-0.1, -0.05) is 42.5 Å². The summed E-state index contributed by atoms with van der Waals surface area (Å²) in [4.78, 5) is 0. The van der Waals surface area contributed by atoms with E-state index < -0.39 is 0 Å². The van der Waals surface area contributed by atoms with Crippen molar-refractivity contribution in [3.8, 4) is 0 Å². The number of rotatable bonds is 5. The highest BCUT2D eigenvalue weighted by Crippen LogP contribution is 2.19. The Morgan fingerprint density at radius 3 is 2.39 bits per heavy atom. The minimum Gasteiger partial charge on any atom is -0.382 e. The molecular weight excluding hydrogens is 333 g/mol. The summed E-state index contributed by atoms with van der Waals surface area (Å²) >= 11 is 2.37. The highest BCUT2D eigenvalue weighted by molar-refractivity contribution is 14.1. The Kier molecular flexibility index (Phi) is 5.05. The van der Waals surface area contributed by atoms with E-state index in [0.717, 1.165) is 12.8 Å². The fourth-order valence-electron chi connectivity index (χ4n) is 1.94. The number of para-hydroxylation sites is 1. The van der Waals surface area contributed by atoms with Gasteiger partial charge in [-0.25, -0.2) is 0 Å². The molecule has 2 aromatic carbocycles. The average Bonchev–Trinajstić information content (AvgIpc) is 2.40. The molecule has 0 saturated carbocycles. The van der Waals surface area contributed by atoms with E-state index in [4.69, 9.17) is 0 Å². The lowest BCUT2D eigenvalue weighted by Crippen LogP contribution is -2.16. The number of aryl methyl sites for hydroxylation is 1. The third kappa shape index (κ3) is 4.02. The summed E-state index contributed by atoms with van der Waals surface area (Å²) in [6.07, 6.45) is 2.27. The Bertz CT molecular complexity index is 481. The maximum absolute atomic E-state index is 3.57. The Balaban J connectivity index is 1.86. The van der Waals surface area contributed by atoms with Crippen molar-refractivity contribution in [1.29, 1.82) is 0 Å². The largest absolute Gasteiger partial charge is 0.382 e. The van der Waals surface area contributed by atoms with Gasteiger partial charge in [-0.15, -0.1) is 0 Å². The van der Waals surface area contributed by atoms with E-state index in [0.29, 0.717) is 6.04 Å². The third-order valence-corrected chi connectivity index (χ3v) is 3.93. The molecular formula is C16H18IN. The molecule has 0 aliphatic carbocycles. The van der Waals surface area contributed by atoms with Gasteiger partial charge in [-0.3, -0.25) is 0 Å². The summed E-state index contributed by atoms with van der Waals surface area (Å²) in [7, 11) is 0. The first-order valence-electron chi connectivity index (χ1n) is 6.30. The van der Waals surface area contributed by atoms with Crippen LogP contribution in [0.1, 0.15) is 18.9 Å². The van der Waals surface area contributed by atoms with E-state index in [1.54, 1.807) is 0 Å². The van der Waals surface area contributed by atoms with Crippen LogP contribution >= 0.6 is 22.6 Å². The van der Waals surface area contributed by atoms with Gasteiger partial charge in [0, 0.05) is 15.3 Å². The van der Waals surface area contributed by atoms with E-state index in [1.165, 1.54) is 14.8 Å². The molecule has 0 amide bonds. The summed E-state index contributed by atoms with van der Waals surface area (Å²) < 4.78 is 1.28. The number of hydrogen-bond acceptors (Lipinski definition) is 1. The van der Waals surface area contributed by atoms with Crippen LogP contribution in [0.5, 0.6) is 0 Å². The first-order chi connectivity index (χ1) is 8.75. The normalized spacial score (nSPS) is 12.1. The molecule has 0 aliphatic rings. The molecule has 2 rings (SSSR count). The summed E-state index contributed by atoms with van der Waals surface area (Å²) in [5, 5.41) is 3.57. The molecule has 1 N–H and O–H groups in total. The van der Waals surface area contributed by atoms with Crippen molar-refractivity contribution >= 4 is 28.3 Å². The molecule has 2 heteroatoms. The molecule has 0 aromatic heterocycles. The smallest absolute Gasteiger partial charge is 0.0477 e. The quantitative estimate of drug-likeness (QED) is 0.769. The molecule has 0 radical (unpaired) electrons. The van der Waals surface area contributed by atoms with Crippen LogP contribution in [0.2, 0.25) is 0 Å². The highest BCUT2D eigenvalue weighted by atomic mass is 127. The van der Waals surface area contributed by atoms with Crippen LogP contribution in [0.15, 0.2) is 54.6 Å². The minimum atomic E-state index is 0.487. The molecule has 0 bridgehead atoms. The van der Waals surface area contributed by atoms with Crippen molar-refractivity contribution in [3.63, 3.8) is 0 Å². The van der Waals surface area contributed by atoms with E-state index in [1.807, 2.05) is 0 Å². The van der Waals surface area contributed by atoms with Gasteiger partial charge in [0.15, 0.2) is 0 Å². The average molecular weight is 351 g/mol. The van der Waals surface area contributed by atoms with Crippen LogP contribution in [-0.2, 0) is 6.42 Å². The van der Waals surface area contributed by atoms with Gasteiger partial charge in [0.2, 0.25) is 0 Å². The molecule has 2 aromatic rings. The van der Waals surface area contributed by atoms with E-state index in [-0.39, 0.29) is 0 Å². The molecule has 18 heavy (non-hydrogen) atoms. The molecule has 1 nitrogen and oxygen atoms in total. The van der Waals surface area contributed by atoms with Gasteiger partial charge < -0.3 is 5.32 Å². The molecule has 0 spiro atoms. The van der Waals surface area contributed by atoms with Crippen LogP contribution in [0.3, 0.4) is 0 Å². The van der Waals surface area contributed by atoms with Crippen LogP contribution in [-0.4, -0.2) is 6.04 Å². The van der Waals surface area contributed by atoms with Gasteiger partial charge in [-0.05, 0) is 60.1 Å². The topological polar surface area (TPSA) is 12.0 Å². The minimum absolute atomic E-state index is 0.487. The molecule has 0 saturated heterocycles. The van der Waals surface area contributed by atoms with E-state index in [9.17, 15) is 0 Å². The van der Waals surface area contributed by atoms with Crippen molar-refractivity contribution in [1.82, 2.24) is 0 Å². The summed E-state index contributed by atoms with van der Waals surface area (Å²) in [5.41, 5.74) is 2.65. The Labute approximate surface area is 123 Å². The first-order valence-corrected chi connectivity index (χ1v) is 7.38. The Morgan fingerprint density at radius 1 is 1.00 bits per heavy atom. The Hall–Kier alpha value is -1.03. The predicted molar refractivity (Wildman–Crippen MR) is 87.0 cm³/mol. The van der Waals surface area contributed by atoms with Gasteiger partial charge in [0.25, 0.3) is 0 Å². The van der Waals surface area contributed by atoms with E-state index in [2.05, 4.69) is 89.4 Å². The molecule has 0 fully saturated rings. The zero-order valence-corrected chi connectivity index (χ0v) is 12.7. The van der Waals surface area contributed by atoms with E-state index >= 15 is 0 Å². The van der Waals surface area contributed by atoms with Gasteiger partial charge in [0.1, 0.15) is 0 Å². The summed E-state index contributed by atoms with van der Waals surface area (Å²) in [6.45, 7) is 2.24. The number of anilines is 1. The Morgan fingerprint density at radius 2 is 1.67 bits per heavy atom. The maximum atomic E-state index is 3.57. The fourth-order valence-corrected chi connectivity index (χ4v) is 2.49. The molecule has 0 heterocycles. The van der Waals surface area contributed by atoms with Gasteiger partial charge in [0.05, 0.1) is 0 Å². The van der Waals surface area contributed by atoms with Gasteiger partial charge in [-0.2, -0.15) is 0 Å². The molecule has 1 unspecified atom stereocenters. The van der Waals surface area contributed by atoms with Crippen molar-refractivity contribution in [2.45, 2.75) is 25.8 Å². The highest BCUT2D eigenvalue weighted by Gasteiger charge is 2.04. The summed E-state index contributed by atoms with van der Waals surface area (Å²) in [5.74, 6) is 0. The molecule has 0 aliphatic heterocycles. The van der Waals surface area contributed by atoms with Crippen molar-refractivity contribution in [3.05, 3.63) is 63.7 Å². The zero-order valence-electron chi connectivity index (χ0n) is 10.6. The monoisotopic (exact) mass is 351 g/mol. The second-order valence-corrected chi connectivity index (χ2v) is 5.71. The first kappa shape index (κ1) is 13.4. The second-order valence-electron chi connectivity index (χ2n) is 4.55. The SMILES string of the molecule is CC(CCc1ccccc1)Nc1ccccc1I. The van der Waals surface area contributed by atoms with Crippen molar-refractivity contribution < 1.29 is 0 Å². The number of hydrogen-bond donors (Lipinski definition) is 1. The van der Waals surface area contributed by atoms with Gasteiger partial charge >= 0.3 is 0 Å². The molecule has 94 valence electrons. The standard InChI is InChI=1S/C16H18IN/c1-13(11-12-14-7-3-2-4-8-14)18-16-10-6-5-9-15(16)17/h2-10,13,18H,11-12H2,1H3. The lowest BCUT2D eigenvalue weighted by Gasteiger charge is -2.16. The van der Waals surface area contributed by atoms with Crippen LogP contribution in [0.25, 0.3) is 0 Å². The van der Waals surface area contributed by atoms with Crippen molar-refractivity contribution in [2.75, 3.05) is 5.32 Å². The van der Waals surface area contributed by atoms with Crippen LogP contribution < -0.4 is 5.32 Å². The van der Waals surface area contributed by atoms with Crippen LogP contribution in [0, 0.1) is 3.57 Å². The lowest BCUT2D eigenvalue weighted by atomic mass is 10.1. The number of benzene rings is 2. The second kappa shape index (κ2) is 6.78. The summed E-state index contributed by atoms with van der Waals surface area (Å²) in [6, 6.07) is 19.6. The zero-order chi connectivity index (χ0) is 12.8.